The summed E-state index contributed by atoms with van der Waals surface area (Å²) in [5, 5.41) is 0. The van der Waals surface area contributed by atoms with Gasteiger partial charge in [0.1, 0.15) is 5.60 Å². The zero-order valence-electron chi connectivity index (χ0n) is 7.62. The lowest BCUT2D eigenvalue weighted by Gasteiger charge is -2.10. The molecule has 1 fully saturated rings. The maximum Gasteiger partial charge on any atom is 0.338 e. The molecule has 1 saturated carbocycles. The molecule has 2 nitrogen and oxygen atoms in total. The quantitative estimate of drug-likeness (QED) is 0.647. The van der Waals surface area contributed by atoms with E-state index in [1.165, 1.54) is 0 Å². The van der Waals surface area contributed by atoms with Gasteiger partial charge in [-0.2, -0.15) is 0 Å². The van der Waals surface area contributed by atoms with Crippen molar-refractivity contribution in [2.45, 2.75) is 25.4 Å². The normalized spacial score (nSPS) is 17.9. The Morgan fingerprint density at radius 3 is 2.46 bits per heavy atom. The first-order valence-electron chi connectivity index (χ1n) is 4.48. The summed E-state index contributed by atoms with van der Waals surface area (Å²) >= 11 is 0. The molecule has 68 valence electrons. The molecule has 13 heavy (non-hydrogen) atoms. The molecule has 1 aromatic carbocycles. The number of rotatable bonds is 2. The van der Waals surface area contributed by atoms with Crippen LogP contribution in [-0.4, -0.2) is 11.6 Å². The van der Waals surface area contributed by atoms with Crippen LogP contribution >= 0.6 is 0 Å². The van der Waals surface area contributed by atoms with E-state index in [-0.39, 0.29) is 11.6 Å². The molecular formula is C11H12O2. The highest BCUT2D eigenvalue weighted by molar-refractivity contribution is 5.89. The summed E-state index contributed by atoms with van der Waals surface area (Å²) in [6.07, 6.45) is 1.98. The van der Waals surface area contributed by atoms with Gasteiger partial charge in [0.05, 0.1) is 5.56 Å². The monoisotopic (exact) mass is 176 g/mol. The molecular weight excluding hydrogens is 164 g/mol. The summed E-state index contributed by atoms with van der Waals surface area (Å²) in [7, 11) is 0. The molecule has 0 aliphatic heterocycles. The van der Waals surface area contributed by atoms with Crippen molar-refractivity contribution in [3.63, 3.8) is 0 Å². The van der Waals surface area contributed by atoms with Crippen LogP contribution in [0, 0.1) is 0 Å². The van der Waals surface area contributed by atoms with E-state index in [4.69, 9.17) is 4.74 Å². The zero-order chi connectivity index (χ0) is 9.31. The summed E-state index contributed by atoms with van der Waals surface area (Å²) in [6.45, 7) is 1.97. The minimum atomic E-state index is -0.208. The van der Waals surface area contributed by atoms with Gasteiger partial charge in [0.15, 0.2) is 0 Å². The van der Waals surface area contributed by atoms with E-state index in [1.807, 2.05) is 25.1 Å². The Labute approximate surface area is 77.5 Å². The van der Waals surface area contributed by atoms with Crippen molar-refractivity contribution in [1.29, 1.82) is 0 Å². The van der Waals surface area contributed by atoms with Crippen molar-refractivity contribution in [2.24, 2.45) is 0 Å². The first-order valence-corrected chi connectivity index (χ1v) is 4.48. The van der Waals surface area contributed by atoms with Crippen LogP contribution in [0.4, 0.5) is 0 Å². The van der Waals surface area contributed by atoms with Gasteiger partial charge >= 0.3 is 5.97 Å². The number of benzene rings is 1. The molecule has 0 radical (unpaired) electrons. The molecule has 0 amide bonds. The van der Waals surface area contributed by atoms with Crippen molar-refractivity contribution >= 4 is 5.97 Å². The van der Waals surface area contributed by atoms with E-state index < -0.39 is 0 Å². The Kier molecular flexibility index (Phi) is 1.83. The van der Waals surface area contributed by atoms with Gasteiger partial charge in [-0.3, -0.25) is 0 Å². The van der Waals surface area contributed by atoms with Crippen molar-refractivity contribution in [1.82, 2.24) is 0 Å². The molecule has 0 spiro atoms. The van der Waals surface area contributed by atoms with E-state index in [1.54, 1.807) is 12.1 Å². The van der Waals surface area contributed by atoms with Gasteiger partial charge in [0.25, 0.3) is 0 Å². The number of carbonyl (C=O) groups excluding carboxylic acids is 1. The third kappa shape index (κ3) is 1.89. The molecule has 0 saturated heterocycles. The minimum Gasteiger partial charge on any atom is -0.456 e. The Bertz CT molecular complexity index is 312. The lowest BCUT2D eigenvalue weighted by molar-refractivity contribution is 0.0277. The van der Waals surface area contributed by atoms with Crippen LogP contribution in [0.25, 0.3) is 0 Å². The fourth-order valence-corrected chi connectivity index (χ4v) is 1.14. The molecule has 0 unspecified atom stereocenters. The second-order valence-electron chi connectivity index (χ2n) is 3.71. The topological polar surface area (TPSA) is 26.3 Å². The molecule has 0 heterocycles. The predicted octanol–water partition coefficient (Wildman–Crippen LogP) is 2.40. The summed E-state index contributed by atoms with van der Waals surface area (Å²) in [5.41, 5.74) is 0.461. The van der Waals surface area contributed by atoms with Crippen molar-refractivity contribution in [3.8, 4) is 0 Å². The van der Waals surface area contributed by atoms with Crippen LogP contribution in [0.2, 0.25) is 0 Å². The highest BCUT2D eigenvalue weighted by Crippen LogP contribution is 2.39. The highest BCUT2D eigenvalue weighted by atomic mass is 16.6. The summed E-state index contributed by atoms with van der Waals surface area (Å²) in [4.78, 5) is 11.5. The van der Waals surface area contributed by atoms with E-state index >= 15 is 0 Å². The number of hydrogen-bond acceptors (Lipinski definition) is 2. The van der Waals surface area contributed by atoms with Crippen LogP contribution in [0.1, 0.15) is 30.1 Å². The number of esters is 1. The summed E-state index contributed by atoms with van der Waals surface area (Å²) < 4.78 is 5.30. The Hall–Kier alpha value is -1.31. The average molecular weight is 176 g/mol. The van der Waals surface area contributed by atoms with E-state index in [0.717, 1.165) is 12.8 Å². The highest BCUT2D eigenvalue weighted by Gasteiger charge is 2.41. The standard InChI is InChI=1S/C11H12O2/c1-11(7-8-11)13-10(12)9-5-3-2-4-6-9/h2-6H,7-8H2,1H3. The van der Waals surface area contributed by atoms with Crippen LogP contribution in [-0.2, 0) is 4.74 Å². The minimum absolute atomic E-state index is 0.174. The second kappa shape index (κ2) is 2.87. The largest absolute Gasteiger partial charge is 0.456 e. The SMILES string of the molecule is CC1(OC(=O)c2ccccc2)CC1. The van der Waals surface area contributed by atoms with Crippen molar-refractivity contribution in [3.05, 3.63) is 35.9 Å². The third-order valence-corrected chi connectivity index (χ3v) is 2.30. The fourth-order valence-electron chi connectivity index (χ4n) is 1.14. The Morgan fingerprint density at radius 2 is 1.92 bits per heavy atom. The van der Waals surface area contributed by atoms with Gasteiger partial charge < -0.3 is 4.74 Å². The molecule has 0 bridgehead atoms. The zero-order valence-corrected chi connectivity index (χ0v) is 7.62. The predicted molar refractivity (Wildman–Crippen MR) is 49.5 cm³/mol. The number of ether oxygens (including phenoxy) is 1. The van der Waals surface area contributed by atoms with E-state index in [2.05, 4.69) is 0 Å². The van der Waals surface area contributed by atoms with E-state index in [9.17, 15) is 4.79 Å². The lowest BCUT2D eigenvalue weighted by atomic mass is 10.2. The average Bonchev–Trinajstić information content (AvgIpc) is 2.85. The first kappa shape index (κ1) is 8.30. The molecule has 1 aliphatic carbocycles. The maximum atomic E-state index is 11.5. The van der Waals surface area contributed by atoms with Gasteiger partial charge in [-0.05, 0) is 31.9 Å². The van der Waals surface area contributed by atoms with Gasteiger partial charge in [0, 0.05) is 0 Å². The molecule has 0 N–H and O–H groups in total. The summed E-state index contributed by atoms with van der Waals surface area (Å²) in [5.74, 6) is -0.208. The Morgan fingerprint density at radius 1 is 1.31 bits per heavy atom. The number of hydrogen-bond donors (Lipinski definition) is 0. The first-order chi connectivity index (χ1) is 6.20. The second-order valence-corrected chi connectivity index (χ2v) is 3.71. The summed E-state index contributed by atoms with van der Waals surface area (Å²) in [6, 6.07) is 9.11. The molecule has 0 aromatic heterocycles. The molecule has 2 rings (SSSR count). The van der Waals surface area contributed by atoms with Crippen molar-refractivity contribution < 1.29 is 9.53 Å². The molecule has 2 heteroatoms. The lowest BCUT2D eigenvalue weighted by Crippen LogP contribution is -2.15. The van der Waals surface area contributed by atoms with Gasteiger partial charge in [-0.15, -0.1) is 0 Å². The van der Waals surface area contributed by atoms with Gasteiger partial charge in [-0.25, -0.2) is 4.79 Å². The molecule has 1 aliphatic rings. The van der Waals surface area contributed by atoms with Gasteiger partial charge in [0.2, 0.25) is 0 Å². The van der Waals surface area contributed by atoms with Crippen LogP contribution in [0.3, 0.4) is 0 Å². The fraction of sp³-hybridized carbons (Fsp3) is 0.364. The third-order valence-electron chi connectivity index (χ3n) is 2.30. The van der Waals surface area contributed by atoms with Crippen LogP contribution in [0.5, 0.6) is 0 Å². The van der Waals surface area contributed by atoms with Gasteiger partial charge in [-0.1, -0.05) is 18.2 Å². The van der Waals surface area contributed by atoms with Crippen LogP contribution in [0.15, 0.2) is 30.3 Å². The smallest absolute Gasteiger partial charge is 0.338 e. The van der Waals surface area contributed by atoms with Crippen molar-refractivity contribution in [2.75, 3.05) is 0 Å². The van der Waals surface area contributed by atoms with Crippen LogP contribution < -0.4 is 0 Å². The Balaban J connectivity index is 2.06. The molecule has 1 aromatic rings. The maximum absolute atomic E-state index is 11.5. The number of carbonyl (C=O) groups is 1. The molecule has 0 atom stereocenters. The van der Waals surface area contributed by atoms with E-state index in [0.29, 0.717) is 5.56 Å².